The highest BCUT2D eigenvalue weighted by atomic mass is 16.5. The molecule has 16 heavy (non-hydrogen) atoms. The van der Waals surface area contributed by atoms with E-state index in [9.17, 15) is 5.11 Å². The van der Waals surface area contributed by atoms with Crippen LogP contribution in [0.15, 0.2) is 0 Å². The minimum atomic E-state index is -0.126. The molecule has 2 bridgehead atoms. The molecule has 3 unspecified atom stereocenters. The van der Waals surface area contributed by atoms with Crippen molar-refractivity contribution in [2.24, 2.45) is 11.3 Å². The molecular formula is C13H23NO2. The molecule has 1 saturated heterocycles. The van der Waals surface area contributed by atoms with Crippen molar-refractivity contribution < 1.29 is 9.84 Å². The summed E-state index contributed by atoms with van der Waals surface area (Å²) in [6, 6.07) is 0. The molecule has 3 aliphatic rings. The average Bonchev–Trinajstić information content (AvgIpc) is 2.64. The minimum absolute atomic E-state index is 0.0431. The van der Waals surface area contributed by atoms with Gasteiger partial charge in [0, 0.05) is 13.1 Å². The van der Waals surface area contributed by atoms with Crippen LogP contribution in [0.4, 0.5) is 0 Å². The highest BCUT2D eigenvalue weighted by Crippen LogP contribution is 2.62. The van der Waals surface area contributed by atoms with Crippen molar-refractivity contribution >= 4 is 0 Å². The Morgan fingerprint density at radius 1 is 1.25 bits per heavy atom. The van der Waals surface area contributed by atoms with E-state index in [1.165, 1.54) is 12.8 Å². The summed E-state index contributed by atoms with van der Waals surface area (Å²) in [5.41, 5.74) is 0.311. The fourth-order valence-corrected chi connectivity index (χ4v) is 4.64. The molecule has 1 N–H and O–H groups in total. The molecule has 3 nitrogen and oxygen atoms in total. The number of ether oxygens (including phenoxy) is 1. The fourth-order valence-electron chi connectivity index (χ4n) is 4.64. The molecule has 1 heterocycles. The summed E-state index contributed by atoms with van der Waals surface area (Å²) in [4.78, 5) is 2.52. The maximum Gasteiger partial charge on any atom is 0.0732 e. The zero-order chi connectivity index (χ0) is 11.4. The van der Waals surface area contributed by atoms with Gasteiger partial charge in [-0.2, -0.15) is 0 Å². The maximum absolute atomic E-state index is 10.5. The van der Waals surface area contributed by atoms with Crippen molar-refractivity contribution in [3.8, 4) is 0 Å². The third-order valence-corrected chi connectivity index (χ3v) is 5.64. The number of morpholine rings is 1. The van der Waals surface area contributed by atoms with E-state index in [2.05, 4.69) is 18.7 Å². The summed E-state index contributed by atoms with van der Waals surface area (Å²) >= 11 is 0. The minimum Gasteiger partial charge on any atom is -0.391 e. The van der Waals surface area contributed by atoms with E-state index >= 15 is 0 Å². The van der Waals surface area contributed by atoms with Crippen LogP contribution in [0.3, 0.4) is 0 Å². The lowest BCUT2D eigenvalue weighted by Gasteiger charge is -2.50. The van der Waals surface area contributed by atoms with Crippen molar-refractivity contribution in [2.45, 2.75) is 44.8 Å². The van der Waals surface area contributed by atoms with Gasteiger partial charge in [0.25, 0.3) is 0 Å². The number of hydrogen-bond acceptors (Lipinski definition) is 3. The van der Waals surface area contributed by atoms with Crippen molar-refractivity contribution in [3.05, 3.63) is 0 Å². The average molecular weight is 225 g/mol. The predicted molar refractivity (Wildman–Crippen MR) is 62.3 cm³/mol. The van der Waals surface area contributed by atoms with Crippen molar-refractivity contribution in [1.29, 1.82) is 0 Å². The summed E-state index contributed by atoms with van der Waals surface area (Å²) < 4.78 is 5.44. The topological polar surface area (TPSA) is 32.7 Å². The second kappa shape index (κ2) is 3.44. The van der Waals surface area contributed by atoms with Crippen LogP contribution in [0, 0.1) is 11.3 Å². The molecule has 0 radical (unpaired) electrons. The Kier molecular flexibility index (Phi) is 2.36. The highest BCUT2D eigenvalue weighted by Gasteiger charge is 2.66. The molecule has 0 amide bonds. The SMILES string of the molecule is CC1(C)C2CCC1(N1CCOCC1)C(O)C2. The van der Waals surface area contributed by atoms with E-state index in [0.29, 0.717) is 5.92 Å². The Bertz CT molecular complexity index is 286. The number of aliphatic hydroxyl groups is 1. The van der Waals surface area contributed by atoms with Crippen LogP contribution in [0.25, 0.3) is 0 Å². The first-order valence-corrected chi connectivity index (χ1v) is 6.60. The fraction of sp³-hybridized carbons (Fsp3) is 1.00. The van der Waals surface area contributed by atoms with Crippen LogP contribution in [0.5, 0.6) is 0 Å². The summed E-state index contributed by atoms with van der Waals surface area (Å²) in [6.45, 7) is 8.36. The zero-order valence-electron chi connectivity index (χ0n) is 10.4. The smallest absolute Gasteiger partial charge is 0.0732 e. The molecule has 2 aliphatic carbocycles. The molecule has 1 aliphatic heterocycles. The van der Waals surface area contributed by atoms with Crippen molar-refractivity contribution in [1.82, 2.24) is 4.90 Å². The van der Waals surface area contributed by atoms with Gasteiger partial charge in [0.05, 0.1) is 24.9 Å². The van der Waals surface area contributed by atoms with E-state index < -0.39 is 0 Å². The lowest BCUT2D eigenvalue weighted by Crippen LogP contribution is -2.62. The van der Waals surface area contributed by atoms with Crippen molar-refractivity contribution in [2.75, 3.05) is 26.3 Å². The normalized spacial score (nSPS) is 47.4. The van der Waals surface area contributed by atoms with Crippen LogP contribution in [-0.2, 0) is 4.74 Å². The van der Waals surface area contributed by atoms with E-state index in [1.807, 2.05) is 0 Å². The molecule has 0 aromatic rings. The van der Waals surface area contributed by atoms with Gasteiger partial charge in [-0.1, -0.05) is 13.8 Å². The second-order valence-corrected chi connectivity index (χ2v) is 6.23. The van der Waals surface area contributed by atoms with Gasteiger partial charge in [0.15, 0.2) is 0 Å². The zero-order valence-corrected chi connectivity index (χ0v) is 10.4. The first-order valence-electron chi connectivity index (χ1n) is 6.60. The maximum atomic E-state index is 10.5. The molecule has 3 heteroatoms. The molecule has 0 spiro atoms. The van der Waals surface area contributed by atoms with E-state index in [-0.39, 0.29) is 17.1 Å². The Hall–Kier alpha value is -0.120. The van der Waals surface area contributed by atoms with Crippen LogP contribution in [-0.4, -0.2) is 48.0 Å². The first-order chi connectivity index (χ1) is 7.59. The van der Waals surface area contributed by atoms with Crippen LogP contribution >= 0.6 is 0 Å². The summed E-state index contributed by atoms with van der Waals surface area (Å²) in [5, 5.41) is 10.5. The Morgan fingerprint density at radius 2 is 1.94 bits per heavy atom. The van der Waals surface area contributed by atoms with Gasteiger partial charge >= 0.3 is 0 Å². The monoisotopic (exact) mass is 225 g/mol. The van der Waals surface area contributed by atoms with E-state index in [4.69, 9.17) is 4.74 Å². The van der Waals surface area contributed by atoms with Gasteiger partial charge in [-0.05, 0) is 30.6 Å². The molecule has 2 saturated carbocycles. The van der Waals surface area contributed by atoms with Crippen LogP contribution < -0.4 is 0 Å². The summed E-state index contributed by atoms with van der Waals surface area (Å²) in [6.07, 6.45) is 3.34. The molecule has 3 atom stereocenters. The lowest BCUT2D eigenvalue weighted by atomic mass is 9.74. The predicted octanol–water partition coefficient (Wildman–Crippen LogP) is 1.26. The van der Waals surface area contributed by atoms with Gasteiger partial charge in [-0.15, -0.1) is 0 Å². The van der Waals surface area contributed by atoms with Crippen LogP contribution in [0.2, 0.25) is 0 Å². The number of nitrogens with zero attached hydrogens (tertiary/aromatic N) is 1. The van der Waals surface area contributed by atoms with Crippen molar-refractivity contribution in [3.63, 3.8) is 0 Å². The van der Waals surface area contributed by atoms with Gasteiger partial charge in [-0.25, -0.2) is 0 Å². The van der Waals surface area contributed by atoms with E-state index in [1.54, 1.807) is 0 Å². The van der Waals surface area contributed by atoms with Crippen LogP contribution in [0.1, 0.15) is 33.1 Å². The quantitative estimate of drug-likeness (QED) is 0.729. The van der Waals surface area contributed by atoms with Gasteiger partial charge in [0.2, 0.25) is 0 Å². The molecule has 92 valence electrons. The Balaban J connectivity index is 1.94. The molecular weight excluding hydrogens is 202 g/mol. The number of rotatable bonds is 1. The van der Waals surface area contributed by atoms with Gasteiger partial charge < -0.3 is 9.84 Å². The third-order valence-electron chi connectivity index (χ3n) is 5.64. The van der Waals surface area contributed by atoms with Gasteiger partial charge in [-0.3, -0.25) is 4.90 Å². The second-order valence-electron chi connectivity index (χ2n) is 6.23. The lowest BCUT2D eigenvalue weighted by molar-refractivity contribution is -0.0986. The largest absolute Gasteiger partial charge is 0.391 e. The molecule has 3 fully saturated rings. The summed E-state index contributed by atoms with van der Waals surface area (Å²) in [5.74, 6) is 0.713. The third kappa shape index (κ3) is 1.14. The standard InChI is InChI=1S/C13H23NO2/c1-12(2)10-3-4-13(12,11(15)9-10)14-5-7-16-8-6-14/h10-11,15H,3-9H2,1-2H3. The molecule has 0 aromatic carbocycles. The van der Waals surface area contributed by atoms with Gasteiger partial charge in [0.1, 0.15) is 0 Å². The van der Waals surface area contributed by atoms with E-state index in [0.717, 1.165) is 32.7 Å². The Labute approximate surface area is 97.8 Å². The number of fused-ring (bicyclic) bond motifs is 2. The number of hydrogen-bond donors (Lipinski definition) is 1. The summed E-state index contributed by atoms with van der Waals surface area (Å²) in [7, 11) is 0. The molecule has 0 aromatic heterocycles. The molecule has 3 rings (SSSR count). The first kappa shape index (κ1) is 11.0. The number of aliphatic hydroxyl groups excluding tert-OH is 1. The Morgan fingerprint density at radius 3 is 2.44 bits per heavy atom. The highest BCUT2D eigenvalue weighted by molar-refractivity contribution is 5.19.